The van der Waals surface area contributed by atoms with Crippen molar-refractivity contribution in [2.24, 2.45) is 0 Å². The molecule has 1 heterocycles. The van der Waals surface area contributed by atoms with Gasteiger partial charge in [0.15, 0.2) is 0 Å². The second-order valence-corrected chi connectivity index (χ2v) is 7.32. The zero-order valence-corrected chi connectivity index (χ0v) is 15.9. The summed E-state index contributed by atoms with van der Waals surface area (Å²) in [5.74, 6) is 0.00371. The molecule has 6 nitrogen and oxygen atoms in total. The molecular weight excluding hydrogens is 364 g/mol. The number of methoxy groups -OCH3 is 1. The van der Waals surface area contributed by atoms with Gasteiger partial charge in [-0.15, -0.1) is 11.8 Å². The van der Waals surface area contributed by atoms with Gasteiger partial charge in [-0.25, -0.2) is 4.90 Å². The van der Waals surface area contributed by atoms with E-state index in [1.807, 2.05) is 31.2 Å². The van der Waals surface area contributed by atoms with Gasteiger partial charge in [-0.2, -0.15) is 0 Å². The maximum absolute atomic E-state index is 12.6. The number of carbonyl (C=O) groups is 3. The van der Waals surface area contributed by atoms with Crippen LogP contribution in [0.2, 0.25) is 0 Å². The van der Waals surface area contributed by atoms with Crippen molar-refractivity contribution >= 4 is 40.9 Å². The van der Waals surface area contributed by atoms with E-state index in [9.17, 15) is 14.4 Å². The third-order valence-electron chi connectivity index (χ3n) is 4.27. The fourth-order valence-electron chi connectivity index (χ4n) is 2.81. The topological polar surface area (TPSA) is 75.7 Å². The van der Waals surface area contributed by atoms with Gasteiger partial charge in [-0.1, -0.05) is 18.2 Å². The van der Waals surface area contributed by atoms with Gasteiger partial charge < -0.3 is 10.1 Å². The normalized spacial score (nSPS) is 16.5. The first-order valence-corrected chi connectivity index (χ1v) is 9.52. The standard InChI is InChI=1S/C20H20N2O4S/c1-13-5-3-4-6-16(13)21-18(23)12-27-17-11-19(24)22(20(17)25)14-7-9-15(26-2)10-8-14/h3-10,17H,11-12H2,1-2H3,(H,21,23). The van der Waals surface area contributed by atoms with Crippen molar-refractivity contribution < 1.29 is 19.1 Å². The Morgan fingerprint density at radius 3 is 2.56 bits per heavy atom. The van der Waals surface area contributed by atoms with Crippen LogP contribution in [0.5, 0.6) is 5.75 Å². The number of nitrogens with one attached hydrogen (secondary N) is 1. The lowest BCUT2D eigenvalue weighted by molar-refractivity contribution is -0.121. The minimum atomic E-state index is -0.553. The number of anilines is 2. The van der Waals surface area contributed by atoms with Crippen LogP contribution < -0.4 is 15.0 Å². The Balaban J connectivity index is 1.59. The highest BCUT2D eigenvalue weighted by Crippen LogP contribution is 2.30. The third kappa shape index (κ3) is 4.31. The van der Waals surface area contributed by atoms with Crippen LogP contribution in [0, 0.1) is 6.92 Å². The number of hydrogen-bond acceptors (Lipinski definition) is 5. The van der Waals surface area contributed by atoms with Crippen molar-refractivity contribution in [1.82, 2.24) is 0 Å². The molecule has 7 heteroatoms. The number of nitrogens with zero attached hydrogens (tertiary/aromatic N) is 1. The lowest BCUT2D eigenvalue weighted by Crippen LogP contribution is -2.31. The van der Waals surface area contributed by atoms with E-state index in [2.05, 4.69) is 5.32 Å². The molecule has 0 bridgehead atoms. The summed E-state index contributed by atoms with van der Waals surface area (Å²) in [5.41, 5.74) is 2.23. The van der Waals surface area contributed by atoms with Crippen LogP contribution in [0.15, 0.2) is 48.5 Å². The van der Waals surface area contributed by atoms with Crippen LogP contribution in [0.3, 0.4) is 0 Å². The van der Waals surface area contributed by atoms with Gasteiger partial charge in [0.2, 0.25) is 17.7 Å². The Hall–Kier alpha value is -2.80. The zero-order chi connectivity index (χ0) is 19.4. The monoisotopic (exact) mass is 384 g/mol. The number of imide groups is 1. The summed E-state index contributed by atoms with van der Waals surface area (Å²) in [6.45, 7) is 1.91. The highest BCUT2D eigenvalue weighted by Gasteiger charge is 2.40. The molecule has 0 aromatic heterocycles. The van der Waals surface area contributed by atoms with Gasteiger partial charge >= 0.3 is 0 Å². The molecule has 27 heavy (non-hydrogen) atoms. The number of ether oxygens (including phenoxy) is 1. The Morgan fingerprint density at radius 2 is 1.89 bits per heavy atom. The first-order chi connectivity index (χ1) is 13.0. The molecule has 1 atom stereocenters. The minimum absolute atomic E-state index is 0.0905. The molecule has 2 aromatic carbocycles. The number of thioether (sulfide) groups is 1. The van der Waals surface area contributed by atoms with Crippen LogP contribution >= 0.6 is 11.8 Å². The summed E-state index contributed by atoms with van der Waals surface area (Å²) in [5, 5.41) is 2.28. The first kappa shape index (κ1) is 19.0. The molecule has 1 N–H and O–H groups in total. The predicted octanol–water partition coefficient (Wildman–Crippen LogP) is 3.01. The fourth-order valence-corrected chi connectivity index (χ4v) is 3.75. The summed E-state index contributed by atoms with van der Waals surface area (Å²) in [6, 6.07) is 14.2. The van der Waals surface area contributed by atoms with Crippen molar-refractivity contribution in [3.63, 3.8) is 0 Å². The Kier molecular flexibility index (Phi) is 5.81. The van der Waals surface area contributed by atoms with Crippen LogP contribution in [-0.4, -0.2) is 35.8 Å². The molecular formula is C20H20N2O4S. The number of aryl methyl sites for hydroxylation is 1. The molecule has 1 aliphatic heterocycles. The third-order valence-corrected chi connectivity index (χ3v) is 5.47. The lowest BCUT2D eigenvalue weighted by atomic mass is 10.2. The highest BCUT2D eigenvalue weighted by atomic mass is 32.2. The maximum atomic E-state index is 12.6. The van der Waals surface area contributed by atoms with Crippen molar-refractivity contribution in [3.8, 4) is 5.75 Å². The van der Waals surface area contributed by atoms with E-state index in [-0.39, 0.29) is 29.9 Å². The smallest absolute Gasteiger partial charge is 0.247 e. The van der Waals surface area contributed by atoms with Crippen molar-refractivity contribution in [2.75, 3.05) is 23.1 Å². The second kappa shape index (κ2) is 8.26. The average Bonchev–Trinajstić information content (AvgIpc) is 2.95. The Labute approximate surface area is 161 Å². The van der Waals surface area contributed by atoms with Gasteiger partial charge in [-0.3, -0.25) is 14.4 Å². The van der Waals surface area contributed by atoms with E-state index in [1.165, 1.54) is 16.7 Å². The summed E-state index contributed by atoms with van der Waals surface area (Å²) in [7, 11) is 1.55. The lowest BCUT2D eigenvalue weighted by Gasteiger charge is -2.15. The zero-order valence-electron chi connectivity index (χ0n) is 15.1. The van der Waals surface area contributed by atoms with Crippen molar-refractivity contribution in [1.29, 1.82) is 0 Å². The van der Waals surface area contributed by atoms with E-state index in [0.717, 1.165) is 11.3 Å². The summed E-state index contributed by atoms with van der Waals surface area (Å²) in [6.07, 6.45) is 0.0905. The molecule has 3 rings (SSSR count). The highest BCUT2D eigenvalue weighted by molar-refractivity contribution is 8.01. The molecule has 0 spiro atoms. The van der Waals surface area contributed by atoms with Crippen LogP contribution in [0.25, 0.3) is 0 Å². The number of benzene rings is 2. The van der Waals surface area contributed by atoms with Crippen LogP contribution in [-0.2, 0) is 14.4 Å². The SMILES string of the molecule is COc1ccc(N2C(=O)CC(SCC(=O)Nc3ccccc3C)C2=O)cc1. The molecule has 0 aliphatic carbocycles. The van der Waals surface area contributed by atoms with Crippen molar-refractivity contribution in [2.45, 2.75) is 18.6 Å². The molecule has 1 aliphatic rings. The van der Waals surface area contributed by atoms with Gasteiger partial charge in [0, 0.05) is 12.1 Å². The molecule has 140 valence electrons. The molecule has 2 aromatic rings. The predicted molar refractivity (Wildman–Crippen MR) is 106 cm³/mol. The average molecular weight is 384 g/mol. The Bertz CT molecular complexity index is 867. The van der Waals surface area contributed by atoms with Crippen LogP contribution in [0.4, 0.5) is 11.4 Å². The van der Waals surface area contributed by atoms with E-state index in [4.69, 9.17) is 4.74 Å². The van der Waals surface area contributed by atoms with Crippen molar-refractivity contribution in [3.05, 3.63) is 54.1 Å². The van der Waals surface area contributed by atoms with Crippen LogP contribution in [0.1, 0.15) is 12.0 Å². The minimum Gasteiger partial charge on any atom is -0.497 e. The quantitative estimate of drug-likeness (QED) is 0.775. The van der Waals surface area contributed by atoms with Gasteiger partial charge in [-0.05, 0) is 42.8 Å². The molecule has 1 fully saturated rings. The molecule has 1 saturated heterocycles. The molecule has 1 unspecified atom stereocenters. The maximum Gasteiger partial charge on any atom is 0.247 e. The van der Waals surface area contributed by atoms with E-state index in [1.54, 1.807) is 31.4 Å². The van der Waals surface area contributed by atoms with E-state index >= 15 is 0 Å². The van der Waals surface area contributed by atoms with E-state index < -0.39 is 5.25 Å². The number of para-hydroxylation sites is 1. The number of hydrogen-bond donors (Lipinski definition) is 1. The van der Waals surface area contributed by atoms with E-state index in [0.29, 0.717) is 11.4 Å². The largest absolute Gasteiger partial charge is 0.497 e. The number of carbonyl (C=O) groups excluding carboxylic acids is 3. The van der Waals surface area contributed by atoms with Gasteiger partial charge in [0.1, 0.15) is 5.75 Å². The molecule has 0 saturated carbocycles. The summed E-state index contributed by atoms with van der Waals surface area (Å²) < 4.78 is 5.09. The molecule has 3 amide bonds. The summed E-state index contributed by atoms with van der Waals surface area (Å²) >= 11 is 1.19. The summed E-state index contributed by atoms with van der Waals surface area (Å²) in [4.78, 5) is 38.3. The number of rotatable bonds is 6. The second-order valence-electron chi connectivity index (χ2n) is 6.13. The molecule has 0 radical (unpaired) electrons. The number of amides is 3. The Morgan fingerprint density at radius 1 is 1.19 bits per heavy atom. The van der Waals surface area contributed by atoms with Gasteiger partial charge in [0.05, 0.1) is 23.8 Å². The van der Waals surface area contributed by atoms with Gasteiger partial charge in [0.25, 0.3) is 0 Å². The first-order valence-electron chi connectivity index (χ1n) is 8.47. The fraction of sp³-hybridized carbons (Fsp3) is 0.250.